The number of rotatable bonds is 5. The topological polar surface area (TPSA) is 141 Å². The van der Waals surface area contributed by atoms with Crippen LogP contribution < -0.4 is 0 Å². The molecule has 0 amide bonds. The summed E-state index contributed by atoms with van der Waals surface area (Å²) in [5, 5.41) is 31.4. The van der Waals surface area contributed by atoms with Gasteiger partial charge in [-0.1, -0.05) is 30.3 Å². The highest BCUT2D eigenvalue weighted by Gasteiger charge is 2.30. The first kappa shape index (κ1) is 15.8. The molecule has 0 aliphatic heterocycles. The Morgan fingerprint density at radius 1 is 0.913 bits per heavy atom. The summed E-state index contributed by atoms with van der Waals surface area (Å²) in [6, 6.07) is 8.42. The van der Waals surface area contributed by atoms with Crippen LogP contribution in [0.4, 0.5) is 11.4 Å². The molecule has 0 fully saturated rings. The molecule has 0 saturated carbocycles. The fraction of sp³-hybridized carbons (Fsp3) is 0. The predicted molar refractivity (Wildman–Crippen MR) is 76.5 cm³/mol. The number of ketones is 2. The van der Waals surface area contributed by atoms with Crippen LogP contribution in [0, 0.1) is 20.2 Å². The number of carbonyl (C=O) groups excluding carboxylic acids is 2. The fourth-order valence-corrected chi connectivity index (χ4v) is 1.86. The lowest BCUT2D eigenvalue weighted by molar-refractivity contribution is -0.394. The van der Waals surface area contributed by atoms with Gasteiger partial charge in [-0.15, -0.1) is 0 Å². The SMILES string of the molecule is O=C(C(=O)c1cc([N+](=O)[O-])cc([N+](=O)[O-])c1O)c1ccccc1. The second-order valence-corrected chi connectivity index (χ2v) is 4.40. The maximum absolute atomic E-state index is 12.2. The van der Waals surface area contributed by atoms with Gasteiger partial charge in [-0.2, -0.15) is 0 Å². The number of hydrogen-bond acceptors (Lipinski definition) is 7. The molecule has 1 N–H and O–H groups in total. The number of phenolic OH excluding ortho intramolecular Hbond substituents is 1. The van der Waals surface area contributed by atoms with E-state index in [0.717, 1.165) is 0 Å². The van der Waals surface area contributed by atoms with Crippen LogP contribution in [0.3, 0.4) is 0 Å². The van der Waals surface area contributed by atoms with Crippen LogP contribution in [0.25, 0.3) is 0 Å². The Bertz CT molecular complexity index is 831. The van der Waals surface area contributed by atoms with E-state index in [0.29, 0.717) is 12.1 Å². The van der Waals surface area contributed by atoms with Gasteiger partial charge in [0.15, 0.2) is 0 Å². The van der Waals surface area contributed by atoms with E-state index in [1.54, 1.807) is 6.07 Å². The fourth-order valence-electron chi connectivity index (χ4n) is 1.86. The van der Waals surface area contributed by atoms with E-state index in [1.165, 1.54) is 24.3 Å². The number of aromatic hydroxyl groups is 1. The highest BCUT2D eigenvalue weighted by molar-refractivity contribution is 6.49. The summed E-state index contributed by atoms with van der Waals surface area (Å²) in [6.45, 7) is 0. The summed E-state index contributed by atoms with van der Waals surface area (Å²) in [7, 11) is 0. The molecule has 0 bridgehead atoms. The van der Waals surface area contributed by atoms with Gasteiger partial charge in [-0.25, -0.2) is 0 Å². The molecule has 23 heavy (non-hydrogen) atoms. The quantitative estimate of drug-likeness (QED) is 0.386. The van der Waals surface area contributed by atoms with E-state index in [-0.39, 0.29) is 5.56 Å². The Kier molecular flexibility index (Phi) is 4.12. The molecule has 0 aliphatic rings. The third-order valence-electron chi connectivity index (χ3n) is 2.97. The minimum atomic E-state index is -1.28. The van der Waals surface area contributed by atoms with Crippen LogP contribution in [0.2, 0.25) is 0 Å². The summed E-state index contributed by atoms with van der Waals surface area (Å²) in [6.07, 6.45) is 0. The zero-order chi connectivity index (χ0) is 17.1. The van der Waals surface area contributed by atoms with E-state index >= 15 is 0 Å². The summed E-state index contributed by atoms with van der Waals surface area (Å²) < 4.78 is 0. The number of non-ortho nitro benzene ring substituents is 1. The average molecular weight is 316 g/mol. The number of nitrogens with zero attached hydrogens (tertiary/aromatic N) is 2. The van der Waals surface area contributed by atoms with Crippen molar-refractivity contribution < 1.29 is 24.5 Å². The Balaban J connectivity index is 2.58. The van der Waals surface area contributed by atoms with Crippen molar-refractivity contribution in [1.29, 1.82) is 0 Å². The van der Waals surface area contributed by atoms with Crippen LogP contribution in [0.5, 0.6) is 5.75 Å². The maximum Gasteiger partial charge on any atom is 0.318 e. The Morgan fingerprint density at radius 3 is 2.04 bits per heavy atom. The minimum Gasteiger partial charge on any atom is -0.502 e. The number of carbonyl (C=O) groups is 2. The van der Waals surface area contributed by atoms with Gasteiger partial charge in [-0.3, -0.25) is 29.8 Å². The van der Waals surface area contributed by atoms with Crippen LogP contribution in [-0.4, -0.2) is 26.5 Å². The number of nitro groups is 2. The molecule has 0 aromatic heterocycles. The summed E-state index contributed by atoms with van der Waals surface area (Å²) >= 11 is 0. The highest BCUT2D eigenvalue weighted by atomic mass is 16.6. The lowest BCUT2D eigenvalue weighted by Gasteiger charge is -2.04. The Morgan fingerprint density at radius 2 is 1.52 bits per heavy atom. The lowest BCUT2D eigenvalue weighted by atomic mass is 9.99. The van der Waals surface area contributed by atoms with Crippen LogP contribution in [-0.2, 0) is 0 Å². The normalized spacial score (nSPS) is 10.1. The molecule has 0 saturated heterocycles. The number of nitro benzene ring substituents is 2. The van der Waals surface area contributed by atoms with E-state index < -0.39 is 44.1 Å². The second kappa shape index (κ2) is 6.02. The first-order valence-corrected chi connectivity index (χ1v) is 6.12. The van der Waals surface area contributed by atoms with Gasteiger partial charge < -0.3 is 5.11 Å². The number of benzene rings is 2. The molecule has 9 heteroatoms. The monoisotopic (exact) mass is 316 g/mol. The van der Waals surface area contributed by atoms with Gasteiger partial charge >= 0.3 is 5.69 Å². The van der Waals surface area contributed by atoms with E-state index in [1.807, 2.05) is 0 Å². The third kappa shape index (κ3) is 3.02. The van der Waals surface area contributed by atoms with Crippen molar-refractivity contribution in [3.63, 3.8) is 0 Å². The summed E-state index contributed by atoms with van der Waals surface area (Å²) in [5.41, 5.74) is -2.60. The Hall–Kier alpha value is -3.62. The van der Waals surface area contributed by atoms with Crippen molar-refractivity contribution in [3.8, 4) is 5.75 Å². The number of hydrogen-bond donors (Lipinski definition) is 1. The third-order valence-corrected chi connectivity index (χ3v) is 2.97. The van der Waals surface area contributed by atoms with E-state index in [4.69, 9.17) is 0 Å². The zero-order valence-corrected chi connectivity index (χ0v) is 11.3. The van der Waals surface area contributed by atoms with Crippen molar-refractivity contribution >= 4 is 22.9 Å². The van der Waals surface area contributed by atoms with Gasteiger partial charge in [0, 0.05) is 11.6 Å². The maximum atomic E-state index is 12.2. The molecular formula is C14H8N2O7. The molecule has 2 rings (SSSR count). The van der Waals surface area contributed by atoms with Crippen LogP contribution in [0.15, 0.2) is 42.5 Å². The van der Waals surface area contributed by atoms with Crippen LogP contribution >= 0.6 is 0 Å². The molecule has 116 valence electrons. The predicted octanol–water partition coefficient (Wildman–Crippen LogP) is 2.27. The van der Waals surface area contributed by atoms with Crippen molar-refractivity contribution in [3.05, 3.63) is 73.8 Å². The van der Waals surface area contributed by atoms with Gasteiger partial charge in [0.25, 0.3) is 5.69 Å². The molecule has 0 radical (unpaired) electrons. The first-order chi connectivity index (χ1) is 10.8. The van der Waals surface area contributed by atoms with Gasteiger partial charge in [0.2, 0.25) is 17.3 Å². The average Bonchev–Trinajstić information content (AvgIpc) is 2.54. The number of Topliss-reactive ketones (excluding diaryl/α,β-unsaturated/α-hetero) is 2. The lowest BCUT2D eigenvalue weighted by Crippen LogP contribution is -2.15. The van der Waals surface area contributed by atoms with E-state index in [9.17, 15) is 34.9 Å². The molecule has 0 unspecified atom stereocenters. The molecular weight excluding hydrogens is 308 g/mol. The van der Waals surface area contributed by atoms with Crippen molar-refractivity contribution in [2.45, 2.75) is 0 Å². The molecule has 2 aromatic carbocycles. The molecule has 0 spiro atoms. The highest BCUT2D eigenvalue weighted by Crippen LogP contribution is 2.35. The molecule has 0 atom stereocenters. The molecule has 0 aliphatic carbocycles. The summed E-state index contributed by atoms with van der Waals surface area (Å²) in [5.74, 6) is -3.41. The second-order valence-electron chi connectivity index (χ2n) is 4.40. The summed E-state index contributed by atoms with van der Waals surface area (Å²) in [4.78, 5) is 43.8. The first-order valence-electron chi connectivity index (χ1n) is 6.12. The standard InChI is InChI=1S/C14H8N2O7/c17-12(8-4-2-1-3-5-8)14(19)10-6-9(15(20)21)7-11(13(10)18)16(22)23/h1-7,18H. The van der Waals surface area contributed by atoms with Gasteiger partial charge in [0.1, 0.15) is 0 Å². The minimum absolute atomic E-state index is 0.00828. The largest absolute Gasteiger partial charge is 0.502 e. The van der Waals surface area contributed by atoms with Crippen LogP contribution in [0.1, 0.15) is 20.7 Å². The smallest absolute Gasteiger partial charge is 0.318 e. The van der Waals surface area contributed by atoms with Gasteiger partial charge in [0.05, 0.1) is 21.5 Å². The molecule has 0 heterocycles. The van der Waals surface area contributed by atoms with Crippen molar-refractivity contribution in [2.24, 2.45) is 0 Å². The van der Waals surface area contributed by atoms with Gasteiger partial charge in [-0.05, 0) is 0 Å². The zero-order valence-electron chi connectivity index (χ0n) is 11.3. The molecule has 2 aromatic rings. The van der Waals surface area contributed by atoms with Crippen molar-refractivity contribution in [2.75, 3.05) is 0 Å². The number of phenols is 1. The molecule has 9 nitrogen and oxygen atoms in total. The Labute approximate surface area is 128 Å². The van der Waals surface area contributed by atoms with Crippen molar-refractivity contribution in [1.82, 2.24) is 0 Å². The van der Waals surface area contributed by atoms with E-state index in [2.05, 4.69) is 0 Å².